The van der Waals surface area contributed by atoms with Gasteiger partial charge in [-0.15, -0.1) is 11.3 Å². The molecule has 1 N–H and O–H groups in total. The van der Waals surface area contributed by atoms with Crippen molar-refractivity contribution < 1.29 is 14.3 Å². The second-order valence-electron chi connectivity index (χ2n) is 6.11. The van der Waals surface area contributed by atoms with Crippen molar-refractivity contribution in [3.63, 3.8) is 0 Å². The van der Waals surface area contributed by atoms with E-state index in [4.69, 9.17) is 9.47 Å². The lowest BCUT2D eigenvalue weighted by molar-refractivity contribution is 0.0947. The fourth-order valence-electron chi connectivity index (χ4n) is 2.76. The van der Waals surface area contributed by atoms with Crippen LogP contribution in [0.15, 0.2) is 52.6 Å². The quantitative estimate of drug-likeness (QED) is 0.733. The lowest BCUT2D eigenvalue weighted by Gasteiger charge is -2.15. The Bertz CT molecular complexity index is 1030. The van der Waals surface area contributed by atoms with Crippen LogP contribution in [-0.4, -0.2) is 29.0 Å². The van der Waals surface area contributed by atoms with Crippen LogP contribution in [0.5, 0.6) is 11.5 Å². The van der Waals surface area contributed by atoms with E-state index >= 15 is 0 Å². The molecule has 2 aromatic heterocycles. The van der Waals surface area contributed by atoms with Crippen molar-refractivity contribution in [3.05, 3.63) is 63.8 Å². The smallest absolute Gasteiger partial charge is 0.267 e. The largest absolute Gasteiger partial charge is 0.454 e. The minimum absolute atomic E-state index is 0.159. The first-order valence-electron chi connectivity index (χ1n) is 8.43. The second kappa shape index (κ2) is 7.24. The summed E-state index contributed by atoms with van der Waals surface area (Å²) in [6.07, 6.45) is 0. The first-order valence-corrected chi connectivity index (χ1v) is 9.31. The summed E-state index contributed by atoms with van der Waals surface area (Å²) in [5.41, 5.74) is 0.998. The first-order chi connectivity index (χ1) is 13.1. The fraction of sp³-hybridized carbons (Fsp3) is 0.211. The molecule has 0 saturated heterocycles. The van der Waals surface area contributed by atoms with E-state index in [-0.39, 0.29) is 30.8 Å². The highest BCUT2D eigenvalue weighted by Gasteiger charge is 2.17. The number of ether oxygens (including phenoxy) is 2. The Morgan fingerprint density at radius 3 is 2.93 bits per heavy atom. The van der Waals surface area contributed by atoms with Gasteiger partial charge in [0.05, 0.1) is 10.9 Å². The summed E-state index contributed by atoms with van der Waals surface area (Å²) in [4.78, 5) is 25.6. The molecule has 1 atom stereocenters. The summed E-state index contributed by atoms with van der Waals surface area (Å²) in [5, 5.41) is 9.24. The van der Waals surface area contributed by atoms with E-state index in [0.717, 1.165) is 10.6 Å². The third-order valence-corrected chi connectivity index (χ3v) is 5.10. The zero-order valence-corrected chi connectivity index (χ0v) is 15.4. The van der Waals surface area contributed by atoms with Crippen molar-refractivity contribution in [1.29, 1.82) is 0 Å². The Labute approximate surface area is 159 Å². The Balaban J connectivity index is 1.46. The minimum Gasteiger partial charge on any atom is -0.454 e. The summed E-state index contributed by atoms with van der Waals surface area (Å²) in [6, 6.07) is 11.8. The monoisotopic (exact) mass is 383 g/mol. The number of carbonyl (C=O) groups excluding carboxylic acids is 1. The standard InChI is InChI=1S/C19H17N3O4S/c1-12(22-18(23)7-5-14(21-22)17-3-2-8-27-17)10-20-19(24)13-4-6-15-16(9-13)26-11-25-15/h2-9,12H,10-11H2,1H3,(H,20,24). The average molecular weight is 383 g/mol. The molecule has 3 aromatic rings. The van der Waals surface area contributed by atoms with Gasteiger partial charge in [0.25, 0.3) is 11.5 Å². The van der Waals surface area contributed by atoms with Gasteiger partial charge in [-0.25, -0.2) is 4.68 Å². The zero-order valence-electron chi connectivity index (χ0n) is 14.5. The molecular weight excluding hydrogens is 366 g/mol. The third-order valence-electron chi connectivity index (χ3n) is 4.21. The average Bonchev–Trinajstić information content (AvgIpc) is 3.37. The molecule has 0 spiro atoms. The molecule has 1 amide bonds. The van der Waals surface area contributed by atoms with Crippen molar-refractivity contribution in [2.75, 3.05) is 13.3 Å². The second-order valence-corrected chi connectivity index (χ2v) is 7.05. The van der Waals surface area contributed by atoms with Crippen molar-refractivity contribution in [3.8, 4) is 22.1 Å². The number of hydrogen-bond donors (Lipinski definition) is 1. The number of carbonyl (C=O) groups is 1. The zero-order chi connectivity index (χ0) is 18.8. The van der Waals surface area contributed by atoms with E-state index in [1.165, 1.54) is 10.7 Å². The maximum absolute atomic E-state index is 12.4. The molecule has 1 unspecified atom stereocenters. The van der Waals surface area contributed by atoms with Gasteiger partial charge in [0.1, 0.15) is 5.69 Å². The lowest BCUT2D eigenvalue weighted by atomic mass is 10.2. The van der Waals surface area contributed by atoms with E-state index in [9.17, 15) is 9.59 Å². The van der Waals surface area contributed by atoms with Crippen LogP contribution < -0.4 is 20.3 Å². The number of amides is 1. The molecule has 4 rings (SSSR count). The SMILES string of the molecule is CC(CNC(=O)c1ccc2c(c1)OCO2)n1nc(-c2cccs2)ccc1=O. The van der Waals surface area contributed by atoms with Crippen LogP contribution in [0.2, 0.25) is 0 Å². The molecule has 0 fully saturated rings. The molecule has 1 aliphatic rings. The molecule has 1 aromatic carbocycles. The van der Waals surface area contributed by atoms with E-state index in [2.05, 4.69) is 10.4 Å². The molecular formula is C19H17N3O4S. The highest BCUT2D eigenvalue weighted by atomic mass is 32.1. The summed E-state index contributed by atoms with van der Waals surface area (Å²) >= 11 is 1.56. The molecule has 0 aliphatic carbocycles. The molecule has 3 heterocycles. The Morgan fingerprint density at radius 1 is 1.26 bits per heavy atom. The van der Waals surface area contributed by atoms with Crippen LogP contribution in [0.1, 0.15) is 23.3 Å². The molecule has 0 radical (unpaired) electrons. The maximum Gasteiger partial charge on any atom is 0.267 e. The predicted molar refractivity (Wildman–Crippen MR) is 101 cm³/mol. The summed E-state index contributed by atoms with van der Waals surface area (Å²) in [7, 11) is 0. The van der Waals surface area contributed by atoms with Gasteiger partial charge in [-0.3, -0.25) is 9.59 Å². The summed E-state index contributed by atoms with van der Waals surface area (Å²) < 4.78 is 11.9. The Morgan fingerprint density at radius 2 is 2.11 bits per heavy atom. The topological polar surface area (TPSA) is 82.4 Å². The summed E-state index contributed by atoms with van der Waals surface area (Å²) in [6.45, 7) is 2.27. The Kier molecular flexibility index (Phi) is 4.64. The Hall–Kier alpha value is -3.13. The fourth-order valence-corrected chi connectivity index (χ4v) is 3.45. The number of hydrogen-bond acceptors (Lipinski definition) is 6. The highest BCUT2D eigenvalue weighted by Crippen LogP contribution is 2.32. The van der Waals surface area contributed by atoms with Gasteiger partial charge >= 0.3 is 0 Å². The highest BCUT2D eigenvalue weighted by molar-refractivity contribution is 7.13. The van der Waals surface area contributed by atoms with Gasteiger partial charge in [-0.05, 0) is 42.6 Å². The number of aromatic nitrogens is 2. The number of nitrogens with zero attached hydrogens (tertiary/aromatic N) is 2. The van der Waals surface area contributed by atoms with Crippen LogP contribution >= 0.6 is 11.3 Å². The van der Waals surface area contributed by atoms with Gasteiger partial charge in [-0.1, -0.05) is 6.07 Å². The van der Waals surface area contributed by atoms with Crippen LogP contribution in [0.4, 0.5) is 0 Å². The number of fused-ring (bicyclic) bond motifs is 1. The number of nitrogens with one attached hydrogen (secondary N) is 1. The normalized spacial score (nSPS) is 13.4. The van der Waals surface area contributed by atoms with Crippen LogP contribution in [0.25, 0.3) is 10.6 Å². The number of thiophene rings is 1. The van der Waals surface area contributed by atoms with Crippen LogP contribution in [-0.2, 0) is 0 Å². The molecule has 138 valence electrons. The number of benzene rings is 1. The molecule has 8 heteroatoms. The maximum atomic E-state index is 12.4. The van der Waals surface area contributed by atoms with E-state index in [0.29, 0.717) is 17.1 Å². The van der Waals surface area contributed by atoms with Gasteiger partial charge in [0, 0.05) is 18.2 Å². The van der Waals surface area contributed by atoms with Crippen molar-refractivity contribution in [2.24, 2.45) is 0 Å². The molecule has 1 aliphatic heterocycles. The van der Waals surface area contributed by atoms with E-state index < -0.39 is 0 Å². The summed E-state index contributed by atoms with van der Waals surface area (Å²) in [5.74, 6) is 0.931. The molecule has 0 saturated carbocycles. The minimum atomic E-state index is -0.296. The van der Waals surface area contributed by atoms with Crippen molar-refractivity contribution in [2.45, 2.75) is 13.0 Å². The van der Waals surface area contributed by atoms with Gasteiger partial charge in [0.2, 0.25) is 6.79 Å². The van der Waals surface area contributed by atoms with Gasteiger partial charge in [0.15, 0.2) is 11.5 Å². The van der Waals surface area contributed by atoms with Gasteiger partial charge in [-0.2, -0.15) is 5.10 Å². The van der Waals surface area contributed by atoms with Crippen molar-refractivity contribution >= 4 is 17.2 Å². The first kappa shape index (κ1) is 17.3. The molecule has 7 nitrogen and oxygen atoms in total. The molecule has 27 heavy (non-hydrogen) atoms. The molecule has 0 bridgehead atoms. The van der Waals surface area contributed by atoms with E-state index in [1.54, 1.807) is 35.6 Å². The lowest BCUT2D eigenvalue weighted by Crippen LogP contribution is -2.34. The van der Waals surface area contributed by atoms with Crippen molar-refractivity contribution in [1.82, 2.24) is 15.1 Å². The number of rotatable bonds is 5. The predicted octanol–water partition coefficient (Wildman–Crippen LogP) is 2.69. The van der Waals surface area contributed by atoms with E-state index in [1.807, 2.05) is 24.4 Å². The van der Waals surface area contributed by atoms with Crippen LogP contribution in [0.3, 0.4) is 0 Å². The van der Waals surface area contributed by atoms with Crippen LogP contribution in [0, 0.1) is 0 Å². The third kappa shape index (κ3) is 3.56. The van der Waals surface area contributed by atoms with Gasteiger partial charge < -0.3 is 14.8 Å².